The molecule has 2 N–H and O–H groups in total. The van der Waals surface area contributed by atoms with Crippen LogP contribution in [0.1, 0.15) is 11.7 Å². The van der Waals surface area contributed by atoms with Gasteiger partial charge in [0.2, 0.25) is 0 Å². The van der Waals surface area contributed by atoms with E-state index >= 15 is 0 Å². The molecule has 2 aliphatic heterocycles. The van der Waals surface area contributed by atoms with Crippen LogP contribution in [0.3, 0.4) is 0 Å². The van der Waals surface area contributed by atoms with Gasteiger partial charge in [-0.25, -0.2) is 9.79 Å². The third kappa shape index (κ3) is 2.69. The molecule has 1 fully saturated rings. The third-order valence-electron chi connectivity index (χ3n) is 4.29. The number of carbonyl (C=O) groups excluding carboxylic acids is 2. The van der Waals surface area contributed by atoms with Gasteiger partial charge in [-0.3, -0.25) is 10.1 Å². The molecular weight excluding hydrogens is 310 g/mol. The van der Waals surface area contributed by atoms with Crippen molar-refractivity contribution in [1.82, 2.24) is 20.0 Å². The van der Waals surface area contributed by atoms with Crippen LogP contribution in [-0.4, -0.2) is 77.6 Å². The highest BCUT2D eigenvalue weighted by Gasteiger charge is 2.49. The molecule has 2 aliphatic rings. The highest BCUT2D eigenvalue weighted by Crippen LogP contribution is 2.27. The average molecular weight is 331 g/mol. The first kappa shape index (κ1) is 16.3. The number of guanidine groups is 1. The topological polar surface area (TPSA) is 88.5 Å². The zero-order valence-electron chi connectivity index (χ0n) is 13.9. The number of nitrogens with zero attached hydrogens (tertiary/aromatic N) is 4. The zero-order valence-corrected chi connectivity index (χ0v) is 13.9. The van der Waals surface area contributed by atoms with Crippen LogP contribution < -0.4 is 5.32 Å². The van der Waals surface area contributed by atoms with E-state index in [9.17, 15) is 14.7 Å². The molecule has 3 amide bonds. The Labute approximate surface area is 140 Å². The smallest absolute Gasteiger partial charge is 0.325 e. The van der Waals surface area contributed by atoms with E-state index in [1.54, 1.807) is 16.8 Å². The van der Waals surface area contributed by atoms with Crippen LogP contribution in [0.15, 0.2) is 35.3 Å². The van der Waals surface area contributed by atoms with E-state index in [0.717, 1.165) is 5.56 Å². The SMILES string of the molecule is CN(C)C1=NC2C(C(=O)NC(=O)N2C)N1CC(O)c1ccccc1. The number of aliphatic imine (C=N–C) groups is 1. The number of urea groups is 1. The van der Waals surface area contributed by atoms with Crippen molar-refractivity contribution in [2.75, 3.05) is 27.7 Å². The number of carbonyl (C=O) groups is 2. The van der Waals surface area contributed by atoms with Crippen LogP contribution in [0.25, 0.3) is 0 Å². The van der Waals surface area contributed by atoms with Gasteiger partial charge in [-0.15, -0.1) is 0 Å². The number of hydrogen-bond acceptors (Lipinski definition) is 6. The molecule has 0 aromatic heterocycles. The van der Waals surface area contributed by atoms with Crippen LogP contribution >= 0.6 is 0 Å². The van der Waals surface area contributed by atoms with Crippen LogP contribution in [0, 0.1) is 0 Å². The van der Waals surface area contributed by atoms with Crippen LogP contribution in [-0.2, 0) is 4.79 Å². The lowest BCUT2D eigenvalue weighted by atomic mass is 10.1. The van der Waals surface area contributed by atoms with Gasteiger partial charge in [0, 0.05) is 21.1 Å². The van der Waals surface area contributed by atoms with Crippen molar-refractivity contribution in [3.63, 3.8) is 0 Å². The van der Waals surface area contributed by atoms with Crippen molar-refractivity contribution < 1.29 is 14.7 Å². The Balaban J connectivity index is 1.89. The minimum Gasteiger partial charge on any atom is -0.387 e. The van der Waals surface area contributed by atoms with Gasteiger partial charge in [-0.05, 0) is 5.56 Å². The number of β-amino-alcohol motifs (C(OH)–C–C–N with tert-alkyl or cyclic N) is 1. The van der Waals surface area contributed by atoms with Gasteiger partial charge in [-0.1, -0.05) is 30.3 Å². The van der Waals surface area contributed by atoms with Crippen LogP contribution in [0.2, 0.25) is 0 Å². The summed E-state index contributed by atoms with van der Waals surface area (Å²) in [6.45, 7) is 0.206. The van der Waals surface area contributed by atoms with Crippen molar-refractivity contribution in [2.24, 2.45) is 4.99 Å². The summed E-state index contributed by atoms with van der Waals surface area (Å²) in [6, 6.07) is 8.14. The molecule has 1 saturated heterocycles. The summed E-state index contributed by atoms with van der Waals surface area (Å²) in [5, 5.41) is 12.9. The monoisotopic (exact) mass is 331 g/mol. The van der Waals surface area contributed by atoms with Crippen molar-refractivity contribution in [1.29, 1.82) is 0 Å². The zero-order chi connectivity index (χ0) is 17.4. The lowest BCUT2D eigenvalue weighted by Gasteiger charge is -2.37. The number of amides is 3. The molecule has 128 valence electrons. The minimum absolute atomic E-state index is 0.206. The Morgan fingerprint density at radius 2 is 1.96 bits per heavy atom. The number of likely N-dealkylation sites (N-methyl/N-ethyl adjacent to an activating group) is 1. The van der Waals surface area contributed by atoms with E-state index in [0.29, 0.717) is 5.96 Å². The second kappa shape index (κ2) is 6.12. The molecule has 8 heteroatoms. The Morgan fingerprint density at radius 1 is 1.29 bits per heavy atom. The van der Waals surface area contributed by atoms with Gasteiger partial charge < -0.3 is 19.8 Å². The van der Waals surface area contributed by atoms with E-state index < -0.39 is 30.2 Å². The van der Waals surface area contributed by atoms with Crippen molar-refractivity contribution >= 4 is 17.9 Å². The van der Waals surface area contributed by atoms with E-state index in [2.05, 4.69) is 10.3 Å². The standard InChI is InChI=1S/C16H21N5O3/c1-19(2)15-17-13-12(14(23)18-16(24)20(13)3)21(15)9-11(22)10-7-5-4-6-8-10/h4-8,11-13,22H,9H2,1-3H3,(H,18,23,24). The van der Waals surface area contributed by atoms with Crippen molar-refractivity contribution in [3.8, 4) is 0 Å². The first-order chi connectivity index (χ1) is 11.4. The van der Waals surface area contributed by atoms with Gasteiger partial charge in [0.25, 0.3) is 5.91 Å². The molecule has 0 radical (unpaired) electrons. The predicted molar refractivity (Wildman–Crippen MR) is 88.1 cm³/mol. The highest BCUT2D eigenvalue weighted by molar-refractivity contribution is 6.03. The Kier molecular flexibility index (Phi) is 4.15. The first-order valence-electron chi connectivity index (χ1n) is 7.72. The van der Waals surface area contributed by atoms with Gasteiger partial charge in [-0.2, -0.15) is 0 Å². The number of aliphatic hydroxyl groups excluding tert-OH is 1. The van der Waals surface area contributed by atoms with Gasteiger partial charge in [0.1, 0.15) is 0 Å². The fraction of sp³-hybridized carbons (Fsp3) is 0.438. The number of benzene rings is 1. The molecule has 1 aromatic carbocycles. The molecule has 8 nitrogen and oxygen atoms in total. The average Bonchev–Trinajstić information content (AvgIpc) is 2.93. The fourth-order valence-electron chi connectivity index (χ4n) is 3.05. The Morgan fingerprint density at radius 3 is 2.58 bits per heavy atom. The highest BCUT2D eigenvalue weighted by atomic mass is 16.3. The van der Waals surface area contributed by atoms with Crippen LogP contribution in [0.4, 0.5) is 4.79 Å². The summed E-state index contributed by atoms with van der Waals surface area (Å²) in [7, 11) is 5.24. The number of fused-ring (bicyclic) bond motifs is 1. The van der Waals surface area contributed by atoms with Crippen LogP contribution in [0.5, 0.6) is 0 Å². The van der Waals surface area contributed by atoms with E-state index in [1.165, 1.54) is 4.90 Å². The summed E-state index contributed by atoms with van der Waals surface area (Å²) in [4.78, 5) is 33.6. The second-order valence-corrected chi connectivity index (χ2v) is 6.17. The molecule has 0 bridgehead atoms. The maximum atomic E-state index is 12.4. The summed E-state index contributed by atoms with van der Waals surface area (Å²) < 4.78 is 0. The normalized spacial score (nSPS) is 24.4. The fourth-order valence-corrected chi connectivity index (χ4v) is 3.05. The molecule has 0 saturated carbocycles. The number of rotatable bonds is 3. The molecular formula is C16H21N5O3. The lowest BCUT2D eigenvalue weighted by molar-refractivity contribution is -0.127. The first-order valence-corrected chi connectivity index (χ1v) is 7.72. The Bertz CT molecular complexity index is 676. The second-order valence-electron chi connectivity index (χ2n) is 6.17. The molecule has 2 heterocycles. The third-order valence-corrected chi connectivity index (χ3v) is 4.29. The summed E-state index contributed by atoms with van der Waals surface area (Å²) >= 11 is 0. The van der Waals surface area contributed by atoms with Gasteiger partial charge in [0.05, 0.1) is 12.6 Å². The molecule has 24 heavy (non-hydrogen) atoms. The summed E-state index contributed by atoms with van der Waals surface area (Å²) in [6.07, 6.45) is -1.36. The maximum Gasteiger partial charge on any atom is 0.325 e. The van der Waals surface area contributed by atoms with Crippen molar-refractivity contribution in [2.45, 2.75) is 18.3 Å². The summed E-state index contributed by atoms with van der Waals surface area (Å²) in [5.74, 6) is 0.167. The number of hydrogen-bond donors (Lipinski definition) is 2. The van der Waals surface area contributed by atoms with Crippen molar-refractivity contribution in [3.05, 3.63) is 35.9 Å². The molecule has 0 spiro atoms. The van der Waals surface area contributed by atoms with Gasteiger partial charge >= 0.3 is 6.03 Å². The molecule has 3 rings (SSSR count). The minimum atomic E-state index is -0.772. The molecule has 3 atom stereocenters. The number of aliphatic hydroxyl groups is 1. The largest absolute Gasteiger partial charge is 0.387 e. The number of imide groups is 1. The molecule has 0 aliphatic carbocycles. The van der Waals surface area contributed by atoms with E-state index in [-0.39, 0.29) is 6.54 Å². The van der Waals surface area contributed by atoms with E-state index in [4.69, 9.17) is 0 Å². The van der Waals surface area contributed by atoms with E-state index in [1.807, 2.05) is 44.4 Å². The quantitative estimate of drug-likeness (QED) is 0.803. The molecule has 3 unspecified atom stereocenters. The predicted octanol–water partition coefficient (Wildman–Crippen LogP) is -0.170. The van der Waals surface area contributed by atoms with Gasteiger partial charge in [0.15, 0.2) is 18.2 Å². The maximum absolute atomic E-state index is 12.4. The lowest BCUT2D eigenvalue weighted by Crippen LogP contribution is -2.64. The molecule has 1 aromatic rings. The number of nitrogens with one attached hydrogen (secondary N) is 1. The summed E-state index contributed by atoms with van der Waals surface area (Å²) in [5.41, 5.74) is 0.764. The Hall–Kier alpha value is -2.61.